The SMILES string of the molecule is C[C@@H](c1ccc(F)cc1)c1ccc(C(F)(F)F)cc1. The fraction of sp³-hybridized carbons (Fsp3) is 0.200. The van der Waals surface area contributed by atoms with Crippen molar-refractivity contribution in [3.63, 3.8) is 0 Å². The van der Waals surface area contributed by atoms with Crippen LogP contribution in [0.4, 0.5) is 17.6 Å². The molecule has 0 bridgehead atoms. The van der Waals surface area contributed by atoms with Gasteiger partial charge in [-0.3, -0.25) is 0 Å². The molecule has 0 aliphatic carbocycles. The molecule has 0 saturated carbocycles. The van der Waals surface area contributed by atoms with Gasteiger partial charge in [-0.25, -0.2) is 4.39 Å². The maximum atomic E-state index is 12.8. The van der Waals surface area contributed by atoms with Crippen LogP contribution in [0.3, 0.4) is 0 Å². The zero-order valence-electron chi connectivity index (χ0n) is 10.2. The largest absolute Gasteiger partial charge is 0.416 e. The maximum Gasteiger partial charge on any atom is 0.416 e. The monoisotopic (exact) mass is 268 g/mol. The number of hydrogen-bond donors (Lipinski definition) is 0. The van der Waals surface area contributed by atoms with E-state index >= 15 is 0 Å². The second-order valence-electron chi connectivity index (χ2n) is 4.39. The molecule has 2 aromatic rings. The van der Waals surface area contributed by atoms with Gasteiger partial charge in [0.05, 0.1) is 5.56 Å². The van der Waals surface area contributed by atoms with E-state index in [0.29, 0.717) is 0 Å². The number of benzene rings is 2. The topological polar surface area (TPSA) is 0 Å². The smallest absolute Gasteiger partial charge is 0.207 e. The van der Waals surface area contributed by atoms with Gasteiger partial charge >= 0.3 is 6.18 Å². The summed E-state index contributed by atoms with van der Waals surface area (Å²) in [6.07, 6.45) is -4.32. The molecule has 2 aromatic carbocycles. The Morgan fingerprint density at radius 3 is 1.63 bits per heavy atom. The fourth-order valence-corrected chi connectivity index (χ4v) is 1.90. The van der Waals surface area contributed by atoms with Gasteiger partial charge in [0.2, 0.25) is 0 Å². The molecule has 0 spiro atoms. The van der Waals surface area contributed by atoms with Crippen molar-refractivity contribution in [3.8, 4) is 0 Å². The lowest BCUT2D eigenvalue weighted by Crippen LogP contribution is -2.05. The van der Waals surface area contributed by atoms with Gasteiger partial charge in [-0.05, 0) is 35.4 Å². The van der Waals surface area contributed by atoms with E-state index in [2.05, 4.69) is 0 Å². The van der Waals surface area contributed by atoms with Gasteiger partial charge < -0.3 is 0 Å². The normalized spacial score (nSPS) is 13.3. The highest BCUT2D eigenvalue weighted by Crippen LogP contribution is 2.31. The Balaban J connectivity index is 2.25. The minimum Gasteiger partial charge on any atom is -0.207 e. The van der Waals surface area contributed by atoms with Crippen LogP contribution in [0.15, 0.2) is 48.5 Å². The van der Waals surface area contributed by atoms with Crippen LogP contribution in [0.2, 0.25) is 0 Å². The van der Waals surface area contributed by atoms with Crippen molar-refractivity contribution >= 4 is 0 Å². The minimum absolute atomic E-state index is 0.0807. The van der Waals surface area contributed by atoms with Crippen molar-refractivity contribution in [2.45, 2.75) is 19.0 Å². The zero-order chi connectivity index (χ0) is 14.0. The Morgan fingerprint density at radius 2 is 1.21 bits per heavy atom. The molecule has 0 aliphatic rings. The Morgan fingerprint density at radius 1 is 0.789 bits per heavy atom. The molecule has 4 heteroatoms. The van der Waals surface area contributed by atoms with E-state index in [1.807, 2.05) is 6.92 Å². The molecule has 0 aliphatic heterocycles. The second-order valence-corrected chi connectivity index (χ2v) is 4.39. The molecule has 2 rings (SSSR count). The molecule has 0 nitrogen and oxygen atoms in total. The lowest BCUT2D eigenvalue weighted by atomic mass is 9.92. The highest BCUT2D eigenvalue weighted by atomic mass is 19.4. The molecule has 0 N–H and O–H groups in total. The van der Waals surface area contributed by atoms with Crippen LogP contribution >= 0.6 is 0 Å². The molecule has 0 radical (unpaired) electrons. The van der Waals surface area contributed by atoms with Gasteiger partial charge in [-0.2, -0.15) is 13.2 Å². The van der Waals surface area contributed by atoms with Crippen molar-refractivity contribution in [2.75, 3.05) is 0 Å². The Bertz CT molecular complexity index is 538. The first-order chi connectivity index (χ1) is 8.88. The van der Waals surface area contributed by atoms with Crippen LogP contribution in [-0.4, -0.2) is 0 Å². The summed E-state index contributed by atoms with van der Waals surface area (Å²) in [5.41, 5.74) is 0.961. The number of halogens is 4. The lowest BCUT2D eigenvalue weighted by molar-refractivity contribution is -0.137. The summed E-state index contributed by atoms with van der Waals surface area (Å²) in [4.78, 5) is 0. The van der Waals surface area contributed by atoms with Gasteiger partial charge in [-0.15, -0.1) is 0 Å². The summed E-state index contributed by atoms with van der Waals surface area (Å²) in [5.74, 6) is -0.411. The third-order valence-electron chi connectivity index (χ3n) is 3.11. The van der Waals surface area contributed by atoms with Gasteiger partial charge in [0.15, 0.2) is 0 Å². The molecule has 100 valence electrons. The molecule has 0 saturated heterocycles. The van der Waals surface area contributed by atoms with Gasteiger partial charge in [-0.1, -0.05) is 31.2 Å². The van der Waals surface area contributed by atoms with Crippen molar-refractivity contribution in [3.05, 3.63) is 71.0 Å². The number of alkyl halides is 3. The van der Waals surface area contributed by atoms with Crippen LogP contribution in [0.5, 0.6) is 0 Å². The highest BCUT2D eigenvalue weighted by molar-refractivity contribution is 5.34. The molecule has 0 fully saturated rings. The maximum absolute atomic E-state index is 12.8. The molecule has 0 aromatic heterocycles. The van der Waals surface area contributed by atoms with Crippen LogP contribution < -0.4 is 0 Å². The summed E-state index contributed by atoms with van der Waals surface area (Å²) >= 11 is 0. The van der Waals surface area contributed by atoms with Crippen LogP contribution in [0.1, 0.15) is 29.5 Å². The molecular weight excluding hydrogens is 256 g/mol. The molecule has 1 atom stereocenters. The van der Waals surface area contributed by atoms with E-state index in [0.717, 1.165) is 23.3 Å². The van der Waals surface area contributed by atoms with Crippen LogP contribution in [0.25, 0.3) is 0 Å². The Kier molecular flexibility index (Phi) is 3.60. The zero-order valence-corrected chi connectivity index (χ0v) is 10.2. The van der Waals surface area contributed by atoms with E-state index in [9.17, 15) is 17.6 Å². The van der Waals surface area contributed by atoms with Crippen molar-refractivity contribution in [1.82, 2.24) is 0 Å². The van der Waals surface area contributed by atoms with E-state index in [1.54, 1.807) is 12.1 Å². The number of hydrogen-bond acceptors (Lipinski definition) is 0. The molecule has 0 heterocycles. The van der Waals surface area contributed by atoms with Crippen LogP contribution in [0, 0.1) is 5.82 Å². The average molecular weight is 268 g/mol. The summed E-state index contributed by atoms with van der Waals surface area (Å²) in [5, 5.41) is 0. The average Bonchev–Trinajstić information content (AvgIpc) is 2.38. The third-order valence-corrected chi connectivity index (χ3v) is 3.11. The van der Waals surface area contributed by atoms with Crippen molar-refractivity contribution in [2.24, 2.45) is 0 Å². The molecular formula is C15H12F4. The predicted octanol–water partition coefficient (Wildman–Crippen LogP) is 5.00. The lowest BCUT2D eigenvalue weighted by Gasteiger charge is -2.14. The van der Waals surface area contributed by atoms with Gasteiger partial charge in [0.25, 0.3) is 0 Å². The third kappa shape index (κ3) is 3.13. The predicted molar refractivity (Wildman–Crippen MR) is 65.4 cm³/mol. The summed E-state index contributed by atoms with van der Waals surface area (Å²) < 4.78 is 50.2. The van der Waals surface area contributed by atoms with E-state index < -0.39 is 11.7 Å². The minimum atomic E-state index is -4.32. The summed E-state index contributed by atoms with van der Waals surface area (Å²) in [7, 11) is 0. The quantitative estimate of drug-likeness (QED) is 0.672. The van der Waals surface area contributed by atoms with Gasteiger partial charge in [0, 0.05) is 5.92 Å². The highest BCUT2D eigenvalue weighted by Gasteiger charge is 2.30. The first kappa shape index (κ1) is 13.6. The second kappa shape index (κ2) is 5.03. The van der Waals surface area contributed by atoms with Gasteiger partial charge in [0.1, 0.15) is 5.82 Å². The molecule has 0 unspecified atom stereocenters. The van der Waals surface area contributed by atoms with E-state index in [1.165, 1.54) is 24.3 Å². The first-order valence-corrected chi connectivity index (χ1v) is 5.80. The fourth-order valence-electron chi connectivity index (χ4n) is 1.90. The van der Waals surface area contributed by atoms with Crippen molar-refractivity contribution in [1.29, 1.82) is 0 Å². The first-order valence-electron chi connectivity index (χ1n) is 5.80. The molecule has 19 heavy (non-hydrogen) atoms. The van der Waals surface area contributed by atoms with Crippen molar-refractivity contribution < 1.29 is 17.6 Å². The van der Waals surface area contributed by atoms with Crippen LogP contribution in [-0.2, 0) is 6.18 Å². The van der Waals surface area contributed by atoms with E-state index in [4.69, 9.17) is 0 Å². The standard InChI is InChI=1S/C15H12F4/c1-10(12-4-8-14(16)9-5-12)11-2-6-13(7-3-11)15(17,18)19/h2-10H,1H3/t10-/m1/s1. The Hall–Kier alpha value is -1.84. The van der Waals surface area contributed by atoms with E-state index in [-0.39, 0.29) is 11.7 Å². The summed E-state index contributed by atoms with van der Waals surface area (Å²) in [6.45, 7) is 1.87. The Labute approximate surface area is 108 Å². The number of rotatable bonds is 2. The summed E-state index contributed by atoms with van der Waals surface area (Å²) in [6, 6.07) is 11.0. The molecule has 0 amide bonds.